The summed E-state index contributed by atoms with van der Waals surface area (Å²) >= 11 is 3.39. The Hall–Kier alpha value is -3.20. The van der Waals surface area contributed by atoms with Gasteiger partial charge in [-0.1, -0.05) is 29.8 Å². The summed E-state index contributed by atoms with van der Waals surface area (Å²) in [5.41, 5.74) is 7.02. The van der Waals surface area contributed by atoms with E-state index in [4.69, 9.17) is 0 Å². The number of thiophene rings is 2. The minimum absolute atomic E-state index is 0.0293. The summed E-state index contributed by atoms with van der Waals surface area (Å²) in [6, 6.07) is 12.6. The third kappa shape index (κ3) is 5.46. The minimum atomic E-state index is -0.258. The van der Waals surface area contributed by atoms with Gasteiger partial charge in [0.15, 0.2) is 5.78 Å². The molecule has 0 unspecified atom stereocenters. The number of hydrogen-bond acceptors (Lipinski definition) is 5. The summed E-state index contributed by atoms with van der Waals surface area (Å²) in [4.78, 5) is 30.7. The van der Waals surface area contributed by atoms with Gasteiger partial charge in [0.05, 0.1) is 5.56 Å². The molecule has 1 aliphatic carbocycles. The smallest absolute Gasteiger partial charge is 0.320 e. The van der Waals surface area contributed by atoms with Gasteiger partial charge in [0.2, 0.25) is 0 Å². The highest BCUT2D eigenvalue weighted by Gasteiger charge is 2.27. The van der Waals surface area contributed by atoms with Crippen molar-refractivity contribution in [2.75, 3.05) is 11.9 Å². The zero-order valence-corrected chi connectivity index (χ0v) is 24.1. The van der Waals surface area contributed by atoms with E-state index in [0.29, 0.717) is 17.1 Å². The fourth-order valence-corrected chi connectivity index (χ4v) is 8.50. The second-order valence-corrected chi connectivity index (χ2v) is 12.8. The number of carbonyl (C=O) groups excluding carboxylic acids is 2. The van der Waals surface area contributed by atoms with E-state index in [1.807, 2.05) is 23.5 Å². The van der Waals surface area contributed by atoms with E-state index >= 15 is 0 Å². The Labute approximate surface area is 237 Å². The number of ketones is 1. The van der Waals surface area contributed by atoms with Gasteiger partial charge >= 0.3 is 6.03 Å². The summed E-state index contributed by atoms with van der Waals surface area (Å²) in [5.74, 6) is 0.0293. The standard InChI is InChI=1S/C31H34N4O2S2/c1-20-9-11-22(12-10-20)18-34-16-13-23-25(30(39-27(23)19-34)35-14-5-6-15-35)17-32-31(37)33-29-28(21(2)36)24-7-3-4-8-26(24)38-29/h5-6,9-12,14-15H,3-4,7-8,13,16-19H2,1-2H3,(H2,32,33,37). The number of carbonyl (C=O) groups is 2. The van der Waals surface area contributed by atoms with Gasteiger partial charge in [0.1, 0.15) is 10.0 Å². The molecule has 2 N–H and O–H groups in total. The van der Waals surface area contributed by atoms with E-state index in [2.05, 4.69) is 63.7 Å². The Morgan fingerprint density at radius 3 is 2.49 bits per heavy atom. The van der Waals surface area contributed by atoms with Gasteiger partial charge in [-0.2, -0.15) is 0 Å². The topological polar surface area (TPSA) is 66.4 Å². The molecular formula is C31H34N4O2S2. The van der Waals surface area contributed by atoms with Gasteiger partial charge in [-0.25, -0.2) is 4.79 Å². The van der Waals surface area contributed by atoms with Crippen LogP contribution < -0.4 is 10.6 Å². The molecule has 0 fully saturated rings. The van der Waals surface area contributed by atoms with Crippen LogP contribution in [-0.2, 0) is 38.9 Å². The average Bonchev–Trinajstić information content (AvgIpc) is 3.65. The van der Waals surface area contributed by atoms with Crippen LogP contribution in [0.25, 0.3) is 5.00 Å². The molecule has 4 aromatic rings. The average molecular weight is 559 g/mol. The van der Waals surface area contributed by atoms with Crippen molar-refractivity contribution >= 4 is 39.5 Å². The monoisotopic (exact) mass is 558 g/mol. The number of anilines is 1. The fourth-order valence-electron chi connectivity index (χ4n) is 5.80. The van der Waals surface area contributed by atoms with E-state index in [9.17, 15) is 9.59 Å². The molecule has 0 saturated carbocycles. The van der Waals surface area contributed by atoms with Crippen LogP contribution >= 0.6 is 22.7 Å². The molecule has 1 aromatic carbocycles. The molecule has 0 spiro atoms. The van der Waals surface area contributed by atoms with Crippen molar-refractivity contribution in [1.29, 1.82) is 0 Å². The van der Waals surface area contributed by atoms with Crippen LogP contribution in [0.15, 0.2) is 48.8 Å². The lowest BCUT2D eigenvalue weighted by molar-refractivity contribution is 0.101. The summed E-state index contributed by atoms with van der Waals surface area (Å²) < 4.78 is 2.16. The molecule has 0 radical (unpaired) electrons. The number of aromatic nitrogens is 1. The predicted molar refractivity (Wildman–Crippen MR) is 159 cm³/mol. The normalized spacial score (nSPS) is 15.0. The molecule has 1 aliphatic heterocycles. The van der Waals surface area contributed by atoms with E-state index in [1.165, 1.54) is 37.0 Å². The molecule has 39 heavy (non-hydrogen) atoms. The number of fused-ring (bicyclic) bond motifs is 2. The van der Waals surface area contributed by atoms with E-state index in [-0.39, 0.29) is 11.8 Å². The minimum Gasteiger partial charge on any atom is -0.334 e. The van der Waals surface area contributed by atoms with E-state index in [0.717, 1.165) is 57.3 Å². The molecule has 2 aliphatic rings. The summed E-state index contributed by atoms with van der Waals surface area (Å²) in [6.45, 7) is 7.02. The molecular weight excluding hydrogens is 525 g/mol. The first kappa shape index (κ1) is 26.0. The van der Waals surface area contributed by atoms with Gasteiger partial charge < -0.3 is 9.88 Å². The van der Waals surface area contributed by atoms with Gasteiger partial charge in [0, 0.05) is 53.9 Å². The maximum atomic E-state index is 13.1. The van der Waals surface area contributed by atoms with Crippen molar-refractivity contribution in [3.05, 3.63) is 91.9 Å². The van der Waals surface area contributed by atoms with Gasteiger partial charge in [-0.05, 0) is 74.8 Å². The third-order valence-electron chi connectivity index (χ3n) is 7.77. The molecule has 2 amide bonds. The molecule has 4 heterocycles. The third-order valence-corrected chi connectivity index (χ3v) is 10.2. The summed E-state index contributed by atoms with van der Waals surface area (Å²) in [5, 5.41) is 7.99. The van der Waals surface area contributed by atoms with E-state index < -0.39 is 0 Å². The van der Waals surface area contributed by atoms with Crippen LogP contribution in [0.5, 0.6) is 0 Å². The number of urea groups is 1. The molecule has 6 nitrogen and oxygen atoms in total. The van der Waals surface area contributed by atoms with Crippen molar-refractivity contribution in [3.8, 4) is 5.00 Å². The first-order chi connectivity index (χ1) is 19.0. The van der Waals surface area contributed by atoms with Crippen molar-refractivity contribution in [2.24, 2.45) is 0 Å². The predicted octanol–water partition coefficient (Wildman–Crippen LogP) is 6.87. The number of nitrogens with zero attached hydrogens (tertiary/aromatic N) is 2. The van der Waals surface area contributed by atoms with Crippen molar-refractivity contribution in [1.82, 2.24) is 14.8 Å². The number of amides is 2. The van der Waals surface area contributed by atoms with Gasteiger partial charge in [-0.3, -0.25) is 15.0 Å². The maximum Gasteiger partial charge on any atom is 0.320 e. The second kappa shape index (κ2) is 11.1. The number of Topliss-reactive ketones (excluding diaryl/α,β-unsaturated/α-hetero) is 1. The number of benzene rings is 1. The van der Waals surface area contributed by atoms with Crippen LogP contribution in [0.4, 0.5) is 9.80 Å². The lowest BCUT2D eigenvalue weighted by Crippen LogP contribution is -2.31. The van der Waals surface area contributed by atoms with Crippen molar-refractivity contribution in [3.63, 3.8) is 0 Å². The number of nitrogens with one attached hydrogen (secondary N) is 2. The second-order valence-electron chi connectivity index (χ2n) is 10.6. The van der Waals surface area contributed by atoms with Gasteiger partial charge in [0.25, 0.3) is 0 Å². The van der Waals surface area contributed by atoms with Crippen molar-refractivity contribution in [2.45, 2.75) is 65.6 Å². The SMILES string of the molecule is CC(=O)c1c(NC(=O)NCc2c(-n3cccc3)sc3c2CCN(Cc2ccc(C)cc2)C3)sc2c1CCCC2. The molecule has 6 rings (SSSR count). The molecule has 0 saturated heterocycles. The summed E-state index contributed by atoms with van der Waals surface area (Å²) in [7, 11) is 0. The van der Waals surface area contributed by atoms with Crippen LogP contribution in [0.3, 0.4) is 0 Å². The number of rotatable bonds is 7. The Kier molecular flexibility index (Phi) is 7.42. The zero-order chi connectivity index (χ0) is 26.9. The van der Waals surface area contributed by atoms with Crippen LogP contribution in [0.2, 0.25) is 0 Å². The highest BCUT2D eigenvalue weighted by Crippen LogP contribution is 2.39. The zero-order valence-electron chi connectivity index (χ0n) is 22.5. The molecule has 0 bridgehead atoms. The number of aryl methyl sites for hydroxylation is 2. The van der Waals surface area contributed by atoms with Crippen LogP contribution in [0.1, 0.15) is 67.7 Å². The highest BCUT2D eigenvalue weighted by molar-refractivity contribution is 7.17. The largest absolute Gasteiger partial charge is 0.334 e. The molecule has 8 heteroatoms. The first-order valence-electron chi connectivity index (χ1n) is 13.7. The van der Waals surface area contributed by atoms with Gasteiger partial charge in [-0.15, -0.1) is 22.7 Å². The summed E-state index contributed by atoms with van der Waals surface area (Å²) in [6.07, 6.45) is 9.26. The quantitative estimate of drug-likeness (QED) is 0.243. The lowest BCUT2D eigenvalue weighted by Gasteiger charge is -2.27. The Morgan fingerprint density at radius 1 is 0.949 bits per heavy atom. The Balaban J connectivity index is 1.19. The fraction of sp³-hybridized carbons (Fsp3) is 0.355. The van der Waals surface area contributed by atoms with Crippen molar-refractivity contribution < 1.29 is 9.59 Å². The first-order valence-corrected chi connectivity index (χ1v) is 15.3. The highest BCUT2D eigenvalue weighted by atomic mass is 32.1. The molecule has 3 aromatic heterocycles. The number of hydrogen-bond donors (Lipinski definition) is 2. The van der Waals surface area contributed by atoms with Crippen LogP contribution in [0, 0.1) is 6.92 Å². The maximum absolute atomic E-state index is 13.1. The van der Waals surface area contributed by atoms with E-state index in [1.54, 1.807) is 18.3 Å². The Morgan fingerprint density at radius 2 is 1.72 bits per heavy atom. The Bertz CT molecular complexity index is 1500. The van der Waals surface area contributed by atoms with Crippen LogP contribution in [-0.4, -0.2) is 27.8 Å². The lowest BCUT2D eigenvalue weighted by atomic mass is 9.94. The molecule has 0 atom stereocenters. The molecule has 202 valence electrons.